The van der Waals surface area contributed by atoms with Crippen LogP contribution in [-0.2, 0) is 10.0 Å². The van der Waals surface area contributed by atoms with Crippen LogP contribution in [0.4, 0.5) is 5.69 Å². The molecule has 0 fully saturated rings. The summed E-state index contributed by atoms with van der Waals surface area (Å²) in [6.45, 7) is 1.85. The summed E-state index contributed by atoms with van der Waals surface area (Å²) >= 11 is 0. The summed E-state index contributed by atoms with van der Waals surface area (Å²) in [6.07, 6.45) is 0. The van der Waals surface area contributed by atoms with E-state index in [-0.39, 0.29) is 16.1 Å². The molecule has 0 radical (unpaired) electrons. The van der Waals surface area contributed by atoms with Crippen LogP contribution >= 0.6 is 0 Å². The first-order valence-corrected chi connectivity index (χ1v) is 10.7. The van der Waals surface area contributed by atoms with Gasteiger partial charge in [-0.25, -0.2) is 8.42 Å². The van der Waals surface area contributed by atoms with Crippen molar-refractivity contribution in [2.45, 2.75) is 11.8 Å². The number of hydrazine groups is 1. The number of aryl methyl sites for hydroxylation is 1. The van der Waals surface area contributed by atoms with Crippen molar-refractivity contribution in [3.63, 3.8) is 0 Å². The van der Waals surface area contributed by atoms with Gasteiger partial charge in [-0.3, -0.25) is 25.2 Å². The van der Waals surface area contributed by atoms with Gasteiger partial charge in [0.2, 0.25) is 0 Å². The molecule has 0 saturated carbocycles. The van der Waals surface area contributed by atoms with Crippen LogP contribution in [0.1, 0.15) is 26.3 Å². The lowest BCUT2D eigenvalue weighted by molar-refractivity contribution is 0.0846. The predicted octanol–water partition coefficient (Wildman–Crippen LogP) is 2.88. The lowest BCUT2D eigenvalue weighted by atomic mass is 10.1. The number of carbonyl (C=O) groups excluding carboxylic acids is 2. The molecule has 0 bridgehead atoms. The highest BCUT2D eigenvalue weighted by atomic mass is 32.2. The zero-order valence-electron chi connectivity index (χ0n) is 16.9. The molecule has 0 aliphatic heterocycles. The average Bonchev–Trinajstić information content (AvgIpc) is 2.77. The Morgan fingerprint density at radius 2 is 1.42 bits per heavy atom. The molecule has 3 aromatic rings. The quantitative estimate of drug-likeness (QED) is 0.511. The van der Waals surface area contributed by atoms with E-state index in [1.54, 1.807) is 42.5 Å². The number of anilines is 1. The number of amides is 2. The maximum absolute atomic E-state index is 12.8. The van der Waals surface area contributed by atoms with E-state index in [1.807, 2.05) is 13.0 Å². The Labute approximate surface area is 180 Å². The number of carbonyl (C=O) groups is 2. The number of hydrogen-bond acceptors (Lipinski definition) is 5. The lowest BCUT2D eigenvalue weighted by Crippen LogP contribution is -2.41. The summed E-state index contributed by atoms with van der Waals surface area (Å²) in [5.74, 6) is -0.784. The van der Waals surface area contributed by atoms with E-state index in [0.717, 1.165) is 5.56 Å². The maximum Gasteiger partial charge on any atom is 0.269 e. The zero-order valence-corrected chi connectivity index (χ0v) is 17.7. The molecule has 3 aromatic carbocycles. The Morgan fingerprint density at radius 3 is 2.06 bits per heavy atom. The van der Waals surface area contributed by atoms with Gasteiger partial charge in [0.25, 0.3) is 21.8 Å². The Morgan fingerprint density at radius 1 is 0.806 bits per heavy atom. The predicted molar refractivity (Wildman–Crippen MR) is 116 cm³/mol. The van der Waals surface area contributed by atoms with E-state index in [1.165, 1.54) is 31.4 Å². The van der Waals surface area contributed by atoms with Crippen LogP contribution < -0.4 is 20.3 Å². The molecule has 0 heterocycles. The Bertz CT molecular complexity index is 1230. The highest BCUT2D eigenvalue weighted by molar-refractivity contribution is 7.92. The molecule has 0 unspecified atom stereocenters. The third-order valence-electron chi connectivity index (χ3n) is 4.33. The third-order valence-corrected chi connectivity index (χ3v) is 5.69. The first-order chi connectivity index (χ1) is 14.8. The molecule has 160 valence electrons. The Balaban J connectivity index is 1.73. The van der Waals surface area contributed by atoms with Crippen LogP contribution in [0, 0.1) is 6.92 Å². The zero-order chi connectivity index (χ0) is 22.4. The summed E-state index contributed by atoms with van der Waals surface area (Å²) < 4.78 is 33.1. The third kappa shape index (κ3) is 5.40. The second kappa shape index (κ2) is 9.31. The molecule has 9 heteroatoms. The first-order valence-electron chi connectivity index (χ1n) is 9.23. The SMILES string of the molecule is COc1ccccc1NS(=O)(=O)c1cccc(C(=O)NNC(=O)c2cccc(C)c2)c1. The van der Waals surface area contributed by atoms with Crippen LogP contribution in [0.5, 0.6) is 5.75 Å². The summed E-state index contributed by atoms with van der Waals surface area (Å²) in [5.41, 5.74) is 6.23. The summed E-state index contributed by atoms with van der Waals surface area (Å²) in [7, 11) is -2.54. The molecule has 0 aromatic heterocycles. The van der Waals surface area contributed by atoms with Crippen LogP contribution in [0.3, 0.4) is 0 Å². The summed E-state index contributed by atoms with van der Waals surface area (Å²) in [4.78, 5) is 24.5. The number of para-hydroxylation sites is 2. The van der Waals surface area contributed by atoms with Gasteiger partial charge in [0.05, 0.1) is 17.7 Å². The van der Waals surface area contributed by atoms with Gasteiger partial charge >= 0.3 is 0 Å². The Hall–Kier alpha value is -3.85. The van der Waals surface area contributed by atoms with Crippen molar-refractivity contribution < 1.29 is 22.7 Å². The second-order valence-electron chi connectivity index (χ2n) is 6.61. The van der Waals surface area contributed by atoms with Gasteiger partial charge in [0, 0.05) is 11.1 Å². The van der Waals surface area contributed by atoms with Crippen molar-refractivity contribution in [3.05, 3.63) is 89.5 Å². The molecule has 0 atom stereocenters. The van der Waals surface area contributed by atoms with Crippen LogP contribution in [0.2, 0.25) is 0 Å². The fourth-order valence-corrected chi connectivity index (χ4v) is 3.90. The maximum atomic E-state index is 12.8. The molecule has 31 heavy (non-hydrogen) atoms. The van der Waals surface area contributed by atoms with Crippen LogP contribution in [-0.4, -0.2) is 27.3 Å². The first kappa shape index (κ1) is 21.8. The fourth-order valence-electron chi connectivity index (χ4n) is 2.78. The van der Waals surface area contributed by atoms with Gasteiger partial charge in [-0.05, 0) is 49.4 Å². The molecule has 0 aliphatic carbocycles. The monoisotopic (exact) mass is 439 g/mol. The van der Waals surface area contributed by atoms with Crippen molar-refractivity contribution in [2.24, 2.45) is 0 Å². The van der Waals surface area contributed by atoms with Gasteiger partial charge < -0.3 is 4.74 Å². The van der Waals surface area contributed by atoms with Crippen LogP contribution in [0.25, 0.3) is 0 Å². The standard InChI is InChI=1S/C22H21N3O5S/c1-15-7-5-8-16(13-15)21(26)23-24-22(27)17-9-6-10-18(14-17)31(28,29)25-19-11-3-4-12-20(19)30-2/h3-14,25H,1-2H3,(H,23,26)(H,24,27). The molecule has 0 aliphatic rings. The van der Waals surface area contributed by atoms with Gasteiger partial charge in [-0.15, -0.1) is 0 Å². The number of ether oxygens (including phenoxy) is 1. The van der Waals surface area contributed by atoms with E-state index in [9.17, 15) is 18.0 Å². The molecule has 0 spiro atoms. The van der Waals surface area contributed by atoms with Crippen molar-refractivity contribution in [1.29, 1.82) is 0 Å². The smallest absolute Gasteiger partial charge is 0.269 e. The topological polar surface area (TPSA) is 114 Å². The van der Waals surface area contributed by atoms with E-state index in [0.29, 0.717) is 11.3 Å². The number of sulfonamides is 1. The molecule has 2 amide bonds. The number of nitrogens with one attached hydrogen (secondary N) is 3. The number of methoxy groups -OCH3 is 1. The molecule has 3 rings (SSSR count). The molecule has 3 N–H and O–H groups in total. The lowest BCUT2D eigenvalue weighted by Gasteiger charge is -2.12. The average molecular weight is 439 g/mol. The number of rotatable bonds is 6. The van der Waals surface area contributed by atoms with Crippen LogP contribution in [0.15, 0.2) is 77.7 Å². The van der Waals surface area contributed by atoms with Gasteiger partial charge in [0.1, 0.15) is 5.75 Å². The number of hydrogen-bond donors (Lipinski definition) is 3. The molecular weight excluding hydrogens is 418 g/mol. The Kier molecular flexibility index (Phi) is 6.56. The largest absolute Gasteiger partial charge is 0.495 e. The van der Waals surface area contributed by atoms with Crippen molar-refractivity contribution in [1.82, 2.24) is 10.9 Å². The minimum absolute atomic E-state index is 0.0624. The second-order valence-corrected chi connectivity index (χ2v) is 8.29. The minimum Gasteiger partial charge on any atom is -0.495 e. The molecular formula is C22H21N3O5S. The highest BCUT2D eigenvalue weighted by Gasteiger charge is 2.18. The molecule has 8 nitrogen and oxygen atoms in total. The van der Waals surface area contributed by atoms with E-state index >= 15 is 0 Å². The normalized spacial score (nSPS) is 10.8. The number of benzene rings is 3. The van der Waals surface area contributed by atoms with Gasteiger partial charge in [-0.1, -0.05) is 35.9 Å². The van der Waals surface area contributed by atoms with E-state index in [4.69, 9.17) is 4.74 Å². The van der Waals surface area contributed by atoms with Gasteiger partial charge in [-0.2, -0.15) is 0 Å². The van der Waals surface area contributed by atoms with E-state index < -0.39 is 21.8 Å². The summed E-state index contributed by atoms with van der Waals surface area (Å²) in [6, 6.07) is 18.9. The van der Waals surface area contributed by atoms with E-state index in [2.05, 4.69) is 15.6 Å². The summed E-state index contributed by atoms with van der Waals surface area (Å²) in [5, 5.41) is 0. The fraction of sp³-hybridized carbons (Fsp3) is 0.0909. The minimum atomic E-state index is -3.98. The van der Waals surface area contributed by atoms with Crippen molar-refractivity contribution in [2.75, 3.05) is 11.8 Å². The van der Waals surface area contributed by atoms with Crippen molar-refractivity contribution in [3.8, 4) is 5.75 Å². The molecule has 0 saturated heterocycles. The highest BCUT2D eigenvalue weighted by Crippen LogP contribution is 2.26. The van der Waals surface area contributed by atoms with Gasteiger partial charge in [0.15, 0.2) is 0 Å². The van der Waals surface area contributed by atoms with Crippen molar-refractivity contribution >= 4 is 27.5 Å².